The van der Waals surface area contributed by atoms with Crippen molar-refractivity contribution in [3.63, 3.8) is 0 Å². The third-order valence-electron chi connectivity index (χ3n) is 2.16. The van der Waals surface area contributed by atoms with Gasteiger partial charge < -0.3 is 5.32 Å². The molecule has 0 saturated carbocycles. The van der Waals surface area contributed by atoms with Gasteiger partial charge in [-0.25, -0.2) is 4.39 Å². The Bertz CT molecular complexity index is 426. The Kier molecular flexibility index (Phi) is 4.00. The van der Waals surface area contributed by atoms with Gasteiger partial charge in [-0.05, 0) is 23.3 Å². The Morgan fingerprint density at radius 1 is 1.56 bits per heavy atom. The first-order chi connectivity index (χ1) is 7.54. The second-order valence-electron chi connectivity index (χ2n) is 3.47. The summed E-state index contributed by atoms with van der Waals surface area (Å²) in [6, 6.07) is 5.62. The molecule has 1 amide bonds. The average Bonchev–Trinajstić information content (AvgIpc) is 2.24. The van der Waals surface area contributed by atoms with Gasteiger partial charge in [0.2, 0.25) is 5.91 Å². The van der Waals surface area contributed by atoms with Gasteiger partial charge in [0.05, 0.1) is 6.04 Å². The van der Waals surface area contributed by atoms with Gasteiger partial charge in [-0.3, -0.25) is 4.79 Å². The minimum atomic E-state index is -0.425. The lowest BCUT2D eigenvalue weighted by atomic mass is 10.00. The van der Waals surface area contributed by atoms with Crippen LogP contribution in [0.1, 0.15) is 18.5 Å². The van der Waals surface area contributed by atoms with Gasteiger partial charge in [0.1, 0.15) is 5.82 Å². The summed E-state index contributed by atoms with van der Waals surface area (Å²) in [6.45, 7) is 8.77. The van der Waals surface area contributed by atoms with Crippen LogP contribution in [-0.2, 0) is 4.79 Å². The fourth-order valence-corrected chi connectivity index (χ4v) is 1.40. The Labute approximate surface area is 94.5 Å². The molecular weight excluding hydrogens is 205 g/mol. The van der Waals surface area contributed by atoms with Crippen LogP contribution in [0.2, 0.25) is 0 Å². The molecule has 0 aliphatic rings. The predicted octanol–water partition coefficient (Wildman–Crippen LogP) is 2.75. The molecule has 16 heavy (non-hydrogen) atoms. The molecule has 0 heterocycles. The molecule has 0 spiro atoms. The third kappa shape index (κ3) is 3.05. The monoisotopic (exact) mass is 219 g/mol. The van der Waals surface area contributed by atoms with Crippen molar-refractivity contribution in [1.82, 2.24) is 5.32 Å². The Morgan fingerprint density at radius 3 is 2.75 bits per heavy atom. The topological polar surface area (TPSA) is 29.1 Å². The highest BCUT2D eigenvalue weighted by atomic mass is 19.1. The number of hydrogen-bond acceptors (Lipinski definition) is 1. The summed E-state index contributed by atoms with van der Waals surface area (Å²) in [5.74, 6) is -0.540. The highest BCUT2D eigenvalue weighted by molar-refractivity contribution is 5.74. The van der Waals surface area contributed by atoms with Crippen LogP contribution in [0.25, 0.3) is 0 Å². The molecule has 1 aromatic rings. The Morgan fingerprint density at radius 2 is 2.25 bits per heavy atom. The van der Waals surface area contributed by atoms with Crippen molar-refractivity contribution in [2.24, 2.45) is 0 Å². The Hall–Kier alpha value is -1.90. The van der Waals surface area contributed by atoms with E-state index in [1.165, 1.54) is 19.1 Å². The molecule has 0 aromatic heterocycles. The van der Waals surface area contributed by atoms with Crippen LogP contribution in [0.5, 0.6) is 0 Å². The summed E-state index contributed by atoms with van der Waals surface area (Å²) in [5, 5.41) is 2.70. The van der Waals surface area contributed by atoms with Gasteiger partial charge in [0.15, 0.2) is 0 Å². The molecule has 1 rings (SSSR count). The molecule has 0 aliphatic carbocycles. The minimum Gasteiger partial charge on any atom is -0.345 e. The molecule has 0 fully saturated rings. The van der Waals surface area contributed by atoms with Crippen molar-refractivity contribution in [3.05, 3.63) is 60.5 Å². The number of hydrogen-bond donors (Lipinski definition) is 1. The predicted molar refractivity (Wildman–Crippen MR) is 62.3 cm³/mol. The quantitative estimate of drug-likeness (QED) is 0.775. The molecule has 1 N–H and O–H groups in total. The van der Waals surface area contributed by atoms with Crippen LogP contribution in [0.3, 0.4) is 0 Å². The summed E-state index contributed by atoms with van der Waals surface area (Å²) in [7, 11) is 0. The number of rotatable bonds is 4. The van der Waals surface area contributed by atoms with E-state index in [1.807, 2.05) is 0 Å². The molecule has 1 atom stereocenters. The van der Waals surface area contributed by atoms with Crippen LogP contribution in [-0.4, -0.2) is 5.91 Å². The lowest BCUT2D eigenvalue weighted by Crippen LogP contribution is -2.26. The van der Waals surface area contributed by atoms with Gasteiger partial charge in [0, 0.05) is 6.92 Å². The zero-order chi connectivity index (χ0) is 12.1. The van der Waals surface area contributed by atoms with Crippen LogP contribution >= 0.6 is 0 Å². The van der Waals surface area contributed by atoms with E-state index in [0.717, 1.165) is 0 Å². The van der Waals surface area contributed by atoms with Crippen LogP contribution in [0.4, 0.5) is 4.39 Å². The molecule has 2 nitrogen and oxygen atoms in total. The molecule has 3 heteroatoms. The van der Waals surface area contributed by atoms with E-state index in [1.54, 1.807) is 18.2 Å². The van der Waals surface area contributed by atoms with Crippen molar-refractivity contribution in [3.8, 4) is 0 Å². The summed E-state index contributed by atoms with van der Waals surface area (Å²) in [6.07, 6.45) is 1.55. The van der Waals surface area contributed by atoms with E-state index >= 15 is 0 Å². The molecule has 0 saturated heterocycles. The number of nitrogens with one attached hydrogen (secondary N) is 1. The number of amides is 1. The van der Waals surface area contributed by atoms with Gasteiger partial charge in [-0.15, -0.1) is 0 Å². The summed E-state index contributed by atoms with van der Waals surface area (Å²) >= 11 is 0. The second kappa shape index (κ2) is 5.26. The van der Waals surface area contributed by atoms with E-state index in [-0.39, 0.29) is 11.7 Å². The van der Waals surface area contributed by atoms with Gasteiger partial charge >= 0.3 is 0 Å². The lowest BCUT2D eigenvalue weighted by molar-refractivity contribution is -0.119. The molecule has 84 valence electrons. The minimum absolute atomic E-state index is 0.197. The van der Waals surface area contributed by atoms with Gasteiger partial charge in [-0.2, -0.15) is 0 Å². The van der Waals surface area contributed by atoms with E-state index in [0.29, 0.717) is 11.1 Å². The molecule has 0 radical (unpaired) electrons. The van der Waals surface area contributed by atoms with Crippen molar-refractivity contribution < 1.29 is 9.18 Å². The first-order valence-corrected chi connectivity index (χ1v) is 4.88. The summed E-state index contributed by atoms with van der Waals surface area (Å²) in [4.78, 5) is 11.1. The van der Waals surface area contributed by atoms with Crippen molar-refractivity contribution >= 4 is 5.91 Å². The second-order valence-corrected chi connectivity index (χ2v) is 3.47. The summed E-state index contributed by atoms with van der Waals surface area (Å²) < 4.78 is 13.1. The maximum atomic E-state index is 13.1. The van der Waals surface area contributed by atoms with Crippen molar-refractivity contribution in [2.45, 2.75) is 13.0 Å². The van der Waals surface area contributed by atoms with Crippen molar-refractivity contribution in [1.29, 1.82) is 0 Å². The summed E-state index contributed by atoms with van der Waals surface area (Å²) in [5.41, 5.74) is 1.28. The normalized spacial score (nSPS) is 11.6. The number of carbonyl (C=O) groups is 1. The SMILES string of the molecule is C=CC(=C)[C@@H](NC(C)=O)c1cccc(F)c1. The van der Waals surface area contributed by atoms with Crippen LogP contribution in [0.15, 0.2) is 49.1 Å². The standard InChI is InChI=1S/C13H14FNO/c1-4-9(2)13(15-10(3)16)11-6-5-7-12(14)8-11/h4-8,13H,1-2H2,3H3,(H,15,16)/t13-/m1/s1. The van der Waals surface area contributed by atoms with E-state index in [2.05, 4.69) is 18.5 Å². The van der Waals surface area contributed by atoms with E-state index in [9.17, 15) is 9.18 Å². The molecule has 1 aromatic carbocycles. The zero-order valence-electron chi connectivity index (χ0n) is 9.16. The fourth-order valence-electron chi connectivity index (χ4n) is 1.40. The fraction of sp³-hybridized carbons (Fsp3) is 0.154. The molecular formula is C13H14FNO. The third-order valence-corrected chi connectivity index (χ3v) is 2.16. The van der Waals surface area contributed by atoms with Gasteiger partial charge in [0.25, 0.3) is 0 Å². The van der Waals surface area contributed by atoms with E-state index < -0.39 is 6.04 Å². The highest BCUT2D eigenvalue weighted by Crippen LogP contribution is 2.21. The largest absolute Gasteiger partial charge is 0.345 e. The smallest absolute Gasteiger partial charge is 0.217 e. The first kappa shape index (κ1) is 12.2. The lowest BCUT2D eigenvalue weighted by Gasteiger charge is -2.18. The number of carbonyl (C=O) groups excluding carboxylic acids is 1. The molecule has 0 bridgehead atoms. The maximum Gasteiger partial charge on any atom is 0.217 e. The molecule has 0 unspecified atom stereocenters. The average molecular weight is 219 g/mol. The van der Waals surface area contributed by atoms with Crippen molar-refractivity contribution in [2.75, 3.05) is 0 Å². The van der Waals surface area contributed by atoms with Gasteiger partial charge in [-0.1, -0.05) is 31.4 Å². The number of halogens is 1. The molecule has 0 aliphatic heterocycles. The zero-order valence-corrected chi connectivity index (χ0v) is 9.16. The number of benzene rings is 1. The van der Waals surface area contributed by atoms with Crippen LogP contribution in [0, 0.1) is 5.82 Å². The van der Waals surface area contributed by atoms with E-state index in [4.69, 9.17) is 0 Å². The maximum absolute atomic E-state index is 13.1. The van der Waals surface area contributed by atoms with Crippen LogP contribution < -0.4 is 5.32 Å². The Balaban J connectivity index is 3.05. The first-order valence-electron chi connectivity index (χ1n) is 4.88. The highest BCUT2D eigenvalue weighted by Gasteiger charge is 2.14.